The number of carbonyl (C=O) groups excluding carboxylic acids is 2. The molecule has 0 aliphatic rings. The molecule has 7 heteroatoms. The average molecular weight is 426 g/mol. The van der Waals surface area contributed by atoms with Gasteiger partial charge in [0.2, 0.25) is 5.91 Å². The van der Waals surface area contributed by atoms with Crippen LogP contribution in [0.5, 0.6) is 5.75 Å². The molecule has 3 rings (SSSR count). The second-order valence-corrected chi connectivity index (χ2v) is 8.59. The first-order valence-corrected chi connectivity index (χ1v) is 10.8. The summed E-state index contributed by atoms with van der Waals surface area (Å²) in [7, 11) is 0. The lowest BCUT2D eigenvalue weighted by Gasteiger charge is -2.21. The number of rotatable bonds is 7. The number of nitrogens with zero attached hydrogens (tertiary/aromatic N) is 1. The fourth-order valence-electron chi connectivity index (χ4n) is 3.30. The summed E-state index contributed by atoms with van der Waals surface area (Å²) in [5, 5.41) is 6.26. The van der Waals surface area contributed by atoms with Crippen molar-refractivity contribution in [1.29, 1.82) is 0 Å². The molecule has 0 saturated heterocycles. The third-order valence-electron chi connectivity index (χ3n) is 4.73. The number of carbonyl (C=O) groups is 2. The van der Waals surface area contributed by atoms with Crippen LogP contribution in [0.3, 0.4) is 0 Å². The highest BCUT2D eigenvalue weighted by Gasteiger charge is 2.26. The molecule has 1 atom stereocenters. The molecule has 0 bridgehead atoms. The van der Waals surface area contributed by atoms with Crippen LogP contribution in [-0.2, 0) is 4.79 Å². The predicted octanol–water partition coefficient (Wildman–Crippen LogP) is 4.70. The Labute approximate surface area is 180 Å². The summed E-state index contributed by atoms with van der Waals surface area (Å²) in [5.41, 5.74) is 3.52. The third-order valence-corrected chi connectivity index (χ3v) is 5.65. The van der Waals surface area contributed by atoms with Crippen molar-refractivity contribution in [1.82, 2.24) is 10.3 Å². The van der Waals surface area contributed by atoms with Crippen LogP contribution in [0.2, 0.25) is 0 Å². The van der Waals surface area contributed by atoms with Crippen LogP contribution in [-0.4, -0.2) is 29.4 Å². The van der Waals surface area contributed by atoms with Gasteiger partial charge in [-0.15, -0.1) is 0 Å². The standard InChI is InChI=1S/C23H27N3O3S/c1-6-29-17-10-8-7-9-16(17)21(27)24-19(13(2)3)22(28)26-23-25-20-15(5)11-14(4)12-18(20)30-23/h7-13,19H,6H2,1-5H3,(H,24,27)(H,25,26,28)/t19-/m1/s1. The topological polar surface area (TPSA) is 80.3 Å². The molecule has 0 unspecified atom stereocenters. The second-order valence-electron chi connectivity index (χ2n) is 7.56. The van der Waals surface area contributed by atoms with Crippen LogP contribution in [0, 0.1) is 19.8 Å². The second kappa shape index (κ2) is 9.26. The van der Waals surface area contributed by atoms with Crippen molar-refractivity contribution in [3.8, 4) is 5.75 Å². The lowest BCUT2D eigenvalue weighted by molar-refractivity contribution is -0.118. The van der Waals surface area contributed by atoms with Crippen molar-refractivity contribution in [2.45, 2.75) is 40.7 Å². The van der Waals surface area contributed by atoms with Gasteiger partial charge in [-0.2, -0.15) is 0 Å². The number of thiazole rings is 1. The molecule has 1 aromatic heterocycles. The zero-order valence-electron chi connectivity index (χ0n) is 17.9. The van der Waals surface area contributed by atoms with E-state index < -0.39 is 6.04 Å². The Kier molecular flexibility index (Phi) is 6.72. The van der Waals surface area contributed by atoms with Crippen LogP contribution in [0.4, 0.5) is 5.13 Å². The fraction of sp³-hybridized carbons (Fsp3) is 0.348. The number of nitrogens with one attached hydrogen (secondary N) is 2. The first-order valence-electron chi connectivity index (χ1n) is 10.0. The Morgan fingerprint density at radius 2 is 1.90 bits per heavy atom. The van der Waals surface area contributed by atoms with Gasteiger partial charge in [0.25, 0.3) is 5.91 Å². The SMILES string of the molecule is CCOc1ccccc1C(=O)N[C@@H](C(=O)Nc1nc2c(C)cc(C)cc2s1)C(C)C. The Bertz CT molecular complexity index is 1070. The summed E-state index contributed by atoms with van der Waals surface area (Å²) >= 11 is 1.43. The third kappa shape index (κ3) is 4.79. The minimum Gasteiger partial charge on any atom is -0.493 e. The Morgan fingerprint density at radius 1 is 1.17 bits per heavy atom. The highest BCUT2D eigenvalue weighted by atomic mass is 32.1. The number of fused-ring (bicyclic) bond motifs is 1. The molecule has 158 valence electrons. The zero-order valence-corrected chi connectivity index (χ0v) is 18.7. The van der Waals surface area contributed by atoms with Crippen molar-refractivity contribution in [2.24, 2.45) is 5.92 Å². The molecule has 0 saturated carbocycles. The van der Waals surface area contributed by atoms with Gasteiger partial charge in [0.05, 0.1) is 22.4 Å². The number of hydrogen-bond donors (Lipinski definition) is 2. The van der Waals surface area contributed by atoms with E-state index in [2.05, 4.69) is 27.8 Å². The Balaban J connectivity index is 1.79. The van der Waals surface area contributed by atoms with E-state index in [0.29, 0.717) is 23.1 Å². The smallest absolute Gasteiger partial charge is 0.255 e. The number of aryl methyl sites for hydroxylation is 2. The molecule has 2 amide bonds. The highest BCUT2D eigenvalue weighted by Crippen LogP contribution is 2.29. The number of hydrogen-bond acceptors (Lipinski definition) is 5. The minimum atomic E-state index is -0.706. The van der Waals surface area contributed by atoms with E-state index in [9.17, 15) is 9.59 Å². The van der Waals surface area contributed by atoms with E-state index in [1.807, 2.05) is 40.7 Å². The first-order chi connectivity index (χ1) is 14.3. The number of benzene rings is 2. The van der Waals surface area contributed by atoms with E-state index in [-0.39, 0.29) is 17.7 Å². The Hall–Kier alpha value is -2.93. The van der Waals surface area contributed by atoms with Crippen molar-refractivity contribution >= 4 is 38.5 Å². The van der Waals surface area contributed by atoms with E-state index in [4.69, 9.17) is 4.74 Å². The van der Waals surface area contributed by atoms with Gasteiger partial charge in [-0.1, -0.05) is 43.4 Å². The molecule has 2 aromatic carbocycles. The van der Waals surface area contributed by atoms with Gasteiger partial charge < -0.3 is 15.4 Å². The maximum absolute atomic E-state index is 13.0. The monoisotopic (exact) mass is 425 g/mol. The van der Waals surface area contributed by atoms with Crippen molar-refractivity contribution in [2.75, 3.05) is 11.9 Å². The van der Waals surface area contributed by atoms with Gasteiger partial charge in [-0.3, -0.25) is 9.59 Å². The van der Waals surface area contributed by atoms with Crippen LogP contribution >= 0.6 is 11.3 Å². The maximum atomic E-state index is 13.0. The number of ether oxygens (including phenoxy) is 1. The first kappa shape index (κ1) is 21.8. The van der Waals surface area contributed by atoms with E-state index in [1.165, 1.54) is 11.3 Å². The van der Waals surface area contributed by atoms with Gasteiger partial charge >= 0.3 is 0 Å². The minimum absolute atomic E-state index is 0.105. The quantitative estimate of drug-likeness (QED) is 0.575. The van der Waals surface area contributed by atoms with Crippen molar-refractivity contribution < 1.29 is 14.3 Å². The summed E-state index contributed by atoms with van der Waals surface area (Å²) in [6.07, 6.45) is 0. The molecule has 0 aliphatic carbocycles. The van der Waals surface area contributed by atoms with E-state index in [1.54, 1.807) is 18.2 Å². The van der Waals surface area contributed by atoms with Gasteiger partial charge in [0, 0.05) is 0 Å². The summed E-state index contributed by atoms with van der Waals surface area (Å²) in [6.45, 7) is 10.1. The predicted molar refractivity (Wildman–Crippen MR) is 121 cm³/mol. The highest BCUT2D eigenvalue weighted by molar-refractivity contribution is 7.22. The lowest BCUT2D eigenvalue weighted by atomic mass is 10.0. The van der Waals surface area contributed by atoms with Gasteiger partial charge in [0.15, 0.2) is 5.13 Å². The number of amides is 2. The molecule has 1 heterocycles. The van der Waals surface area contributed by atoms with Crippen molar-refractivity contribution in [3.05, 3.63) is 53.1 Å². The van der Waals surface area contributed by atoms with Gasteiger partial charge in [0.1, 0.15) is 11.8 Å². The molecular formula is C23H27N3O3S. The molecular weight excluding hydrogens is 398 g/mol. The normalized spacial score (nSPS) is 12.1. The fourth-order valence-corrected chi connectivity index (χ4v) is 4.34. The molecule has 0 fully saturated rings. The number of aromatic nitrogens is 1. The summed E-state index contributed by atoms with van der Waals surface area (Å²) in [6, 6.07) is 10.4. The van der Waals surface area contributed by atoms with Gasteiger partial charge in [-0.25, -0.2) is 4.98 Å². The van der Waals surface area contributed by atoms with Crippen molar-refractivity contribution in [3.63, 3.8) is 0 Å². The summed E-state index contributed by atoms with van der Waals surface area (Å²) in [4.78, 5) is 30.4. The maximum Gasteiger partial charge on any atom is 0.255 e. The lowest BCUT2D eigenvalue weighted by Crippen LogP contribution is -2.47. The Morgan fingerprint density at radius 3 is 2.60 bits per heavy atom. The van der Waals surface area contributed by atoms with Crippen LogP contribution in [0.15, 0.2) is 36.4 Å². The molecule has 2 N–H and O–H groups in total. The number of anilines is 1. The molecule has 6 nitrogen and oxygen atoms in total. The van der Waals surface area contributed by atoms with E-state index >= 15 is 0 Å². The zero-order chi connectivity index (χ0) is 21.8. The number of para-hydroxylation sites is 1. The van der Waals surface area contributed by atoms with E-state index in [0.717, 1.165) is 21.3 Å². The molecule has 3 aromatic rings. The molecule has 0 aliphatic heterocycles. The summed E-state index contributed by atoms with van der Waals surface area (Å²) in [5.74, 6) is -0.242. The summed E-state index contributed by atoms with van der Waals surface area (Å²) < 4.78 is 6.57. The van der Waals surface area contributed by atoms with Gasteiger partial charge in [-0.05, 0) is 56.0 Å². The van der Waals surface area contributed by atoms with Crippen LogP contribution < -0.4 is 15.4 Å². The molecule has 0 spiro atoms. The van der Waals surface area contributed by atoms with Crippen LogP contribution in [0.25, 0.3) is 10.2 Å². The van der Waals surface area contributed by atoms with Crippen LogP contribution in [0.1, 0.15) is 42.3 Å². The largest absolute Gasteiger partial charge is 0.493 e. The molecule has 0 radical (unpaired) electrons. The average Bonchev–Trinajstić information content (AvgIpc) is 3.08. The molecule has 30 heavy (non-hydrogen) atoms.